The topological polar surface area (TPSA) is 52.5 Å². The Kier molecular flexibility index (Phi) is 3.90. The number of fused-ring (bicyclic) bond motifs is 6. The van der Waals surface area contributed by atoms with Crippen LogP contribution in [-0.4, -0.2) is 16.4 Å². The lowest BCUT2D eigenvalue weighted by atomic mass is 10.0. The zero-order valence-corrected chi connectivity index (χ0v) is 17.0. The van der Waals surface area contributed by atoms with E-state index in [1.165, 1.54) is 50.7 Å². The fourth-order valence-corrected chi connectivity index (χ4v) is 4.42. The summed E-state index contributed by atoms with van der Waals surface area (Å²) in [5.41, 5.74) is 14.5. The molecule has 0 radical (unpaired) electrons. The van der Waals surface area contributed by atoms with Crippen molar-refractivity contribution in [3.8, 4) is 0 Å². The lowest BCUT2D eigenvalue weighted by Crippen LogP contribution is -2.10. The van der Waals surface area contributed by atoms with Gasteiger partial charge in [0.05, 0.1) is 11.4 Å². The van der Waals surface area contributed by atoms with Gasteiger partial charge in [-0.3, -0.25) is 4.99 Å². The Morgan fingerprint density at radius 1 is 0.786 bits per heavy atom. The number of hydrogen-bond acceptors (Lipinski definition) is 3. The molecule has 0 amide bonds. The highest BCUT2D eigenvalue weighted by atomic mass is 14.9. The molecular formula is C24H26N4. The van der Waals surface area contributed by atoms with Crippen molar-refractivity contribution in [1.29, 1.82) is 0 Å². The van der Waals surface area contributed by atoms with Crippen molar-refractivity contribution in [1.82, 2.24) is 10.3 Å². The van der Waals surface area contributed by atoms with Gasteiger partial charge < -0.3 is 10.3 Å². The lowest BCUT2D eigenvalue weighted by Gasteiger charge is -2.09. The van der Waals surface area contributed by atoms with Gasteiger partial charge in [-0.1, -0.05) is 0 Å². The number of H-pyrrole nitrogens is 1. The van der Waals surface area contributed by atoms with Crippen LogP contribution in [0.3, 0.4) is 0 Å². The van der Waals surface area contributed by atoms with Gasteiger partial charge in [0.15, 0.2) is 0 Å². The summed E-state index contributed by atoms with van der Waals surface area (Å²) < 4.78 is 0. The van der Waals surface area contributed by atoms with Crippen molar-refractivity contribution in [3.63, 3.8) is 0 Å². The molecule has 1 saturated heterocycles. The van der Waals surface area contributed by atoms with Crippen LogP contribution in [0.5, 0.6) is 0 Å². The number of nitrogens with one attached hydrogen (secondary N) is 2. The molecule has 1 aromatic rings. The van der Waals surface area contributed by atoms with Crippen molar-refractivity contribution >= 4 is 22.6 Å². The Morgan fingerprint density at radius 3 is 2.39 bits per heavy atom. The third-order valence-corrected chi connectivity index (χ3v) is 6.49. The number of aromatic amines is 1. The third-order valence-electron chi connectivity index (χ3n) is 6.49. The maximum Gasteiger partial charge on any atom is 0.0687 e. The molecule has 0 spiro atoms. The molecule has 0 aromatic carbocycles. The molecule has 0 unspecified atom stereocenters. The van der Waals surface area contributed by atoms with Gasteiger partial charge >= 0.3 is 0 Å². The normalized spacial score (nSPS) is 21.7. The Labute approximate surface area is 166 Å². The molecule has 5 heterocycles. The standard InChI is InChI=1S/C24H26N4/c1-13-17-11-24(25-12-17)16(4)23-10-9-22(28-23)15(3)21-8-7-20(27-21)14(2)19-6-5-18(13)26-19/h9-12,25-26H,5-8H2,1-4H3. The van der Waals surface area contributed by atoms with Gasteiger partial charge in [-0.25, -0.2) is 4.99 Å². The number of nitrogens with zero attached hydrogens (tertiary/aromatic N) is 2. The largest absolute Gasteiger partial charge is 0.362 e. The van der Waals surface area contributed by atoms with E-state index in [9.17, 15) is 0 Å². The van der Waals surface area contributed by atoms with Crippen LogP contribution in [0.4, 0.5) is 0 Å². The van der Waals surface area contributed by atoms with Crippen molar-refractivity contribution in [2.75, 3.05) is 0 Å². The summed E-state index contributed by atoms with van der Waals surface area (Å²) in [4.78, 5) is 13.4. The Balaban J connectivity index is 1.72. The minimum Gasteiger partial charge on any atom is -0.362 e. The van der Waals surface area contributed by atoms with Gasteiger partial charge in [0.25, 0.3) is 0 Å². The molecule has 4 nitrogen and oxygen atoms in total. The fourth-order valence-electron chi connectivity index (χ4n) is 4.42. The minimum absolute atomic E-state index is 0.998. The molecule has 4 aliphatic rings. The molecule has 0 saturated carbocycles. The highest BCUT2D eigenvalue weighted by Crippen LogP contribution is 2.34. The molecule has 8 bridgehead atoms. The van der Waals surface area contributed by atoms with Crippen LogP contribution in [-0.2, 0) is 0 Å². The summed E-state index contributed by atoms with van der Waals surface area (Å²) in [5, 5.41) is 3.71. The van der Waals surface area contributed by atoms with E-state index in [0.29, 0.717) is 0 Å². The predicted molar refractivity (Wildman–Crippen MR) is 117 cm³/mol. The molecule has 1 fully saturated rings. The van der Waals surface area contributed by atoms with Crippen molar-refractivity contribution < 1.29 is 0 Å². The van der Waals surface area contributed by atoms with Crippen molar-refractivity contribution in [2.24, 2.45) is 9.98 Å². The quantitative estimate of drug-likeness (QED) is 0.607. The van der Waals surface area contributed by atoms with Crippen molar-refractivity contribution in [3.05, 3.63) is 69.6 Å². The number of aromatic nitrogens is 1. The summed E-state index contributed by atoms with van der Waals surface area (Å²) >= 11 is 0. The smallest absolute Gasteiger partial charge is 0.0687 e. The highest BCUT2D eigenvalue weighted by Gasteiger charge is 2.23. The molecule has 0 atom stereocenters. The van der Waals surface area contributed by atoms with E-state index in [0.717, 1.165) is 42.8 Å². The number of allylic oxidation sites excluding steroid dienone is 9. The maximum atomic E-state index is 5.01. The molecular weight excluding hydrogens is 344 g/mol. The summed E-state index contributed by atoms with van der Waals surface area (Å²) in [6, 6.07) is 2.24. The van der Waals surface area contributed by atoms with Crippen LogP contribution in [0.2, 0.25) is 0 Å². The van der Waals surface area contributed by atoms with E-state index in [-0.39, 0.29) is 0 Å². The summed E-state index contributed by atoms with van der Waals surface area (Å²) in [6.45, 7) is 8.72. The molecule has 0 aliphatic carbocycles. The minimum atomic E-state index is 0.998. The zero-order chi connectivity index (χ0) is 19.4. The first kappa shape index (κ1) is 17.2. The van der Waals surface area contributed by atoms with Crippen molar-refractivity contribution in [2.45, 2.75) is 53.4 Å². The van der Waals surface area contributed by atoms with E-state index >= 15 is 0 Å². The molecule has 28 heavy (non-hydrogen) atoms. The summed E-state index contributed by atoms with van der Waals surface area (Å²) in [7, 11) is 0. The highest BCUT2D eigenvalue weighted by molar-refractivity contribution is 6.12. The van der Waals surface area contributed by atoms with E-state index in [1.54, 1.807) is 0 Å². The first-order valence-electron chi connectivity index (χ1n) is 10.1. The summed E-state index contributed by atoms with van der Waals surface area (Å²) in [5.74, 6) is 0. The molecule has 2 N–H and O–H groups in total. The average molecular weight is 371 g/mol. The van der Waals surface area contributed by atoms with Crippen LogP contribution < -0.4 is 5.32 Å². The number of hydrogen-bond donors (Lipinski definition) is 2. The Hall–Kier alpha value is -2.88. The van der Waals surface area contributed by atoms with E-state index in [4.69, 9.17) is 9.98 Å². The van der Waals surface area contributed by atoms with Gasteiger partial charge in [0, 0.05) is 34.7 Å². The third kappa shape index (κ3) is 2.67. The van der Waals surface area contributed by atoms with E-state index < -0.39 is 0 Å². The fraction of sp³-hybridized carbons (Fsp3) is 0.333. The van der Waals surface area contributed by atoms with Gasteiger partial charge in [0.1, 0.15) is 0 Å². The average Bonchev–Trinajstić information content (AvgIpc) is 3.49. The van der Waals surface area contributed by atoms with E-state index in [2.05, 4.69) is 62.4 Å². The van der Waals surface area contributed by atoms with Gasteiger partial charge in [0.2, 0.25) is 0 Å². The zero-order valence-electron chi connectivity index (χ0n) is 17.0. The van der Waals surface area contributed by atoms with Crippen LogP contribution in [0.15, 0.2) is 68.3 Å². The Morgan fingerprint density at radius 2 is 1.57 bits per heavy atom. The van der Waals surface area contributed by atoms with E-state index in [1.807, 2.05) is 0 Å². The number of rotatable bonds is 0. The monoisotopic (exact) mass is 370 g/mol. The van der Waals surface area contributed by atoms with Crippen LogP contribution >= 0.6 is 0 Å². The Bertz CT molecular complexity index is 1110. The predicted octanol–water partition coefficient (Wildman–Crippen LogP) is 5.67. The first-order valence-corrected chi connectivity index (χ1v) is 10.1. The van der Waals surface area contributed by atoms with Gasteiger partial charge in [-0.05, 0) is 99.5 Å². The molecule has 142 valence electrons. The van der Waals surface area contributed by atoms with Gasteiger partial charge in [-0.15, -0.1) is 0 Å². The maximum absolute atomic E-state index is 5.01. The molecule has 4 heteroatoms. The second kappa shape index (κ2) is 6.33. The van der Waals surface area contributed by atoms with Crippen LogP contribution in [0.1, 0.15) is 64.6 Å². The second-order valence-corrected chi connectivity index (χ2v) is 8.10. The number of aliphatic imine (C=N–C) groups is 2. The van der Waals surface area contributed by atoms with Gasteiger partial charge in [-0.2, -0.15) is 0 Å². The lowest BCUT2D eigenvalue weighted by molar-refractivity contribution is 1.02. The van der Waals surface area contributed by atoms with Crippen LogP contribution in [0, 0.1) is 0 Å². The first-order chi connectivity index (χ1) is 13.5. The summed E-state index contributed by atoms with van der Waals surface area (Å²) in [6.07, 6.45) is 10.5. The second-order valence-electron chi connectivity index (χ2n) is 8.10. The molecule has 4 aliphatic heterocycles. The molecule has 5 rings (SSSR count). The van der Waals surface area contributed by atoms with Crippen LogP contribution in [0.25, 0.3) is 11.1 Å². The molecule has 1 aromatic heterocycles. The SMILES string of the molecule is CC1=C2CCC(=N2)C(C)=C2CCC(=C(C)c3c[nH]c(c3)C(C)=C3C=CC1=N3)N2.